The first-order chi connectivity index (χ1) is 20.4. The standard InChI is InChI=1S/C32H32N6O4/c1-32(2,21-41-20-22-8-4-3-5-9-22)30-34-27(36-42-30)23-12-14-24(15-13-23)29(40)37-16-18-38(19-17-37)31-33-26-11-7-6-10-25(26)28(39)35-31/h3-15H,16-21H2,1-2H3,(H,33,35,39). The van der Waals surface area contributed by atoms with Crippen molar-refractivity contribution in [2.24, 2.45) is 0 Å². The van der Waals surface area contributed by atoms with Crippen LogP contribution in [0.5, 0.6) is 0 Å². The van der Waals surface area contributed by atoms with Crippen LogP contribution in [0, 0.1) is 0 Å². The average molecular weight is 565 g/mol. The van der Waals surface area contributed by atoms with Gasteiger partial charge in [0.25, 0.3) is 11.5 Å². The van der Waals surface area contributed by atoms with Crippen LogP contribution in [0.2, 0.25) is 0 Å². The number of H-pyrrole nitrogens is 1. The minimum absolute atomic E-state index is 0.0494. The van der Waals surface area contributed by atoms with E-state index in [9.17, 15) is 9.59 Å². The zero-order valence-electron chi connectivity index (χ0n) is 23.6. The van der Waals surface area contributed by atoms with Gasteiger partial charge in [-0.2, -0.15) is 4.98 Å². The highest BCUT2D eigenvalue weighted by Crippen LogP contribution is 2.26. The summed E-state index contributed by atoms with van der Waals surface area (Å²) >= 11 is 0. The van der Waals surface area contributed by atoms with Crippen LogP contribution in [0.3, 0.4) is 0 Å². The molecule has 10 heteroatoms. The maximum atomic E-state index is 13.2. The van der Waals surface area contributed by atoms with E-state index < -0.39 is 5.41 Å². The zero-order valence-corrected chi connectivity index (χ0v) is 23.6. The number of nitrogens with zero attached hydrogens (tertiary/aromatic N) is 5. The van der Waals surface area contributed by atoms with Crippen LogP contribution in [-0.2, 0) is 16.8 Å². The Bertz CT molecular complexity index is 1740. The van der Waals surface area contributed by atoms with E-state index in [1.165, 1.54) is 0 Å². The highest BCUT2D eigenvalue weighted by atomic mass is 16.5. The van der Waals surface area contributed by atoms with Crippen molar-refractivity contribution in [3.63, 3.8) is 0 Å². The first-order valence-electron chi connectivity index (χ1n) is 14.0. The molecule has 1 saturated heterocycles. The summed E-state index contributed by atoms with van der Waals surface area (Å²) in [6.07, 6.45) is 0. The Labute approximate surface area is 243 Å². The van der Waals surface area contributed by atoms with E-state index in [1.807, 2.05) is 84.3 Å². The molecule has 1 aliphatic rings. The molecule has 10 nitrogen and oxygen atoms in total. The van der Waals surface area contributed by atoms with Gasteiger partial charge < -0.3 is 19.1 Å². The monoisotopic (exact) mass is 564 g/mol. The van der Waals surface area contributed by atoms with Gasteiger partial charge >= 0.3 is 0 Å². The highest BCUT2D eigenvalue weighted by molar-refractivity contribution is 5.94. The maximum absolute atomic E-state index is 13.2. The number of anilines is 1. The van der Waals surface area contributed by atoms with Crippen molar-refractivity contribution in [2.45, 2.75) is 25.9 Å². The fourth-order valence-corrected chi connectivity index (χ4v) is 4.97. The lowest BCUT2D eigenvalue weighted by molar-refractivity contribution is 0.0704. The third-order valence-corrected chi connectivity index (χ3v) is 7.44. The molecule has 6 rings (SSSR count). The van der Waals surface area contributed by atoms with E-state index in [0.29, 0.717) is 73.5 Å². The van der Waals surface area contributed by atoms with E-state index >= 15 is 0 Å². The molecule has 5 aromatic rings. The van der Waals surface area contributed by atoms with Gasteiger partial charge in [0.2, 0.25) is 17.7 Å². The number of amides is 1. The fraction of sp³-hybridized carbons (Fsp3) is 0.281. The van der Waals surface area contributed by atoms with E-state index in [0.717, 1.165) is 11.1 Å². The molecule has 214 valence electrons. The molecule has 2 aromatic heterocycles. The number of benzene rings is 3. The largest absolute Gasteiger partial charge is 0.376 e. The lowest BCUT2D eigenvalue weighted by atomic mass is 9.95. The quantitative estimate of drug-likeness (QED) is 0.294. The zero-order chi connectivity index (χ0) is 29.1. The normalized spacial score (nSPS) is 14.0. The number of rotatable bonds is 8. The highest BCUT2D eigenvalue weighted by Gasteiger charge is 2.29. The van der Waals surface area contributed by atoms with Crippen molar-refractivity contribution >= 4 is 22.8 Å². The lowest BCUT2D eigenvalue weighted by Gasteiger charge is -2.35. The predicted octanol–water partition coefficient (Wildman–Crippen LogP) is 4.43. The number of ether oxygens (including phenoxy) is 1. The van der Waals surface area contributed by atoms with Crippen LogP contribution < -0.4 is 10.5 Å². The van der Waals surface area contributed by atoms with Gasteiger partial charge in [-0.15, -0.1) is 0 Å². The van der Waals surface area contributed by atoms with Crippen molar-refractivity contribution < 1.29 is 14.1 Å². The van der Waals surface area contributed by atoms with Crippen LogP contribution in [-0.4, -0.2) is 63.7 Å². The molecule has 42 heavy (non-hydrogen) atoms. The number of nitrogens with one attached hydrogen (secondary N) is 1. The van der Waals surface area contributed by atoms with E-state index in [1.54, 1.807) is 18.2 Å². The summed E-state index contributed by atoms with van der Waals surface area (Å²) < 4.78 is 11.5. The van der Waals surface area contributed by atoms with Gasteiger partial charge in [0.05, 0.1) is 29.5 Å². The number of fused-ring (bicyclic) bond motifs is 1. The molecular formula is C32H32N6O4. The first-order valence-corrected chi connectivity index (χ1v) is 14.0. The Balaban J connectivity index is 1.05. The van der Waals surface area contributed by atoms with Gasteiger partial charge in [0, 0.05) is 37.3 Å². The number of hydrogen-bond donors (Lipinski definition) is 1. The Hall–Kier alpha value is -4.83. The van der Waals surface area contributed by atoms with Crippen LogP contribution in [0.25, 0.3) is 22.3 Å². The number of carbonyl (C=O) groups is 1. The molecule has 3 heterocycles. The second-order valence-electron chi connectivity index (χ2n) is 11.0. The molecule has 0 atom stereocenters. The van der Waals surface area contributed by atoms with Gasteiger partial charge in [-0.3, -0.25) is 14.6 Å². The molecular weight excluding hydrogens is 532 g/mol. The first kappa shape index (κ1) is 27.3. The van der Waals surface area contributed by atoms with Crippen molar-refractivity contribution in [3.8, 4) is 11.4 Å². The Morgan fingerprint density at radius 3 is 2.40 bits per heavy atom. The molecule has 0 saturated carbocycles. The number of piperazine rings is 1. The number of para-hydroxylation sites is 1. The second-order valence-corrected chi connectivity index (χ2v) is 11.0. The third-order valence-electron chi connectivity index (χ3n) is 7.44. The van der Waals surface area contributed by atoms with Crippen molar-refractivity contribution in [2.75, 3.05) is 37.7 Å². The molecule has 0 aliphatic carbocycles. The summed E-state index contributed by atoms with van der Waals surface area (Å²) in [7, 11) is 0. The minimum atomic E-state index is -0.465. The second kappa shape index (κ2) is 11.6. The van der Waals surface area contributed by atoms with Gasteiger partial charge in [0.15, 0.2) is 0 Å². The van der Waals surface area contributed by atoms with Crippen molar-refractivity contribution in [1.29, 1.82) is 0 Å². The van der Waals surface area contributed by atoms with E-state index in [4.69, 9.17) is 9.26 Å². The Morgan fingerprint density at radius 2 is 1.64 bits per heavy atom. The van der Waals surface area contributed by atoms with Gasteiger partial charge in [-0.1, -0.05) is 59.8 Å². The van der Waals surface area contributed by atoms with Gasteiger partial charge in [0.1, 0.15) is 0 Å². The van der Waals surface area contributed by atoms with Crippen LogP contribution >= 0.6 is 0 Å². The summed E-state index contributed by atoms with van der Waals surface area (Å²) in [6.45, 7) is 7.13. The summed E-state index contributed by atoms with van der Waals surface area (Å²) in [5.74, 6) is 1.43. The van der Waals surface area contributed by atoms with Crippen molar-refractivity contribution in [3.05, 3.63) is 106 Å². The molecule has 0 spiro atoms. The number of aromatic amines is 1. The SMILES string of the molecule is CC(C)(COCc1ccccc1)c1nc(-c2ccc(C(=O)N3CCN(c4nc5ccccc5c(=O)[nH]4)CC3)cc2)no1. The molecule has 0 bridgehead atoms. The number of carbonyl (C=O) groups excluding carboxylic acids is 1. The van der Waals surface area contributed by atoms with Gasteiger partial charge in [-0.25, -0.2) is 4.98 Å². The van der Waals surface area contributed by atoms with E-state index in [2.05, 4.69) is 20.1 Å². The summed E-state index contributed by atoms with van der Waals surface area (Å²) in [4.78, 5) is 41.6. The summed E-state index contributed by atoms with van der Waals surface area (Å²) in [6, 6.07) is 24.5. The van der Waals surface area contributed by atoms with E-state index in [-0.39, 0.29) is 11.5 Å². The molecule has 1 N–H and O–H groups in total. The summed E-state index contributed by atoms with van der Waals surface area (Å²) in [5.41, 5.74) is 2.48. The lowest BCUT2D eigenvalue weighted by Crippen LogP contribution is -2.49. The molecule has 0 radical (unpaired) electrons. The van der Waals surface area contributed by atoms with Crippen LogP contribution in [0.15, 0.2) is 88.2 Å². The Kier molecular flexibility index (Phi) is 7.54. The van der Waals surface area contributed by atoms with Gasteiger partial charge in [-0.05, 0) is 43.7 Å². The van der Waals surface area contributed by atoms with Crippen LogP contribution in [0.1, 0.15) is 35.7 Å². The molecule has 1 fully saturated rings. The predicted molar refractivity (Wildman–Crippen MR) is 159 cm³/mol. The molecule has 3 aromatic carbocycles. The number of hydrogen-bond acceptors (Lipinski definition) is 8. The smallest absolute Gasteiger partial charge is 0.260 e. The topological polar surface area (TPSA) is 117 Å². The Morgan fingerprint density at radius 1 is 0.929 bits per heavy atom. The maximum Gasteiger partial charge on any atom is 0.260 e. The third kappa shape index (κ3) is 5.80. The molecule has 1 amide bonds. The average Bonchev–Trinajstić information content (AvgIpc) is 3.53. The van der Waals surface area contributed by atoms with Crippen LogP contribution in [0.4, 0.5) is 5.95 Å². The van der Waals surface area contributed by atoms with Crippen molar-refractivity contribution in [1.82, 2.24) is 25.0 Å². The molecule has 0 unspecified atom stereocenters. The molecule has 1 aliphatic heterocycles. The minimum Gasteiger partial charge on any atom is -0.376 e. The fourth-order valence-electron chi connectivity index (χ4n) is 4.97. The summed E-state index contributed by atoms with van der Waals surface area (Å²) in [5, 5.41) is 4.73. The number of aromatic nitrogens is 4.